The van der Waals surface area contributed by atoms with Crippen LogP contribution in [0, 0.1) is 5.92 Å². The Balaban J connectivity index is 1.72. The Morgan fingerprint density at radius 2 is 2.42 bits per heavy atom. The van der Waals surface area contributed by atoms with Gasteiger partial charge in [-0.15, -0.1) is 0 Å². The third-order valence-electron chi connectivity index (χ3n) is 4.17. The molecule has 0 aromatic carbocycles. The lowest BCUT2D eigenvalue weighted by molar-refractivity contribution is -0.0165. The van der Waals surface area contributed by atoms with Gasteiger partial charge < -0.3 is 14.5 Å². The van der Waals surface area contributed by atoms with E-state index in [1.807, 2.05) is 19.2 Å². The van der Waals surface area contributed by atoms with Gasteiger partial charge in [-0.2, -0.15) is 0 Å². The Hall–Kier alpha value is -0.840. The molecule has 1 N–H and O–H groups in total. The van der Waals surface area contributed by atoms with Crippen LogP contribution in [0.5, 0.6) is 0 Å². The standard InChI is InChI=1S/C15H26N2O2/c1-12-6-7-17(11-15(12)18-3)13(2)9-16-10-14-5-4-8-19-14/h4-5,8,12-13,15-16H,6-7,9-11H2,1-3H3. The average Bonchev–Trinajstić information content (AvgIpc) is 2.92. The minimum atomic E-state index is 0.376. The van der Waals surface area contributed by atoms with Gasteiger partial charge in [0.25, 0.3) is 0 Å². The van der Waals surface area contributed by atoms with Crippen LogP contribution >= 0.6 is 0 Å². The van der Waals surface area contributed by atoms with Crippen molar-refractivity contribution in [3.05, 3.63) is 24.2 Å². The highest BCUT2D eigenvalue weighted by Gasteiger charge is 2.28. The predicted molar refractivity (Wildman–Crippen MR) is 76.0 cm³/mol. The molecule has 0 saturated carbocycles. The zero-order valence-corrected chi connectivity index (χ0v) is 12.3. The van der Waals surface area contributed by atoms with Gasteiger partial charge in [-0.25, -0.2) is 0 Å². The fourth-order valence-corrected chi connectivity index (χ4v) is 2.71. The molecule has 108 valence electrons. The number of furan rings is 1. The van der Waals surface area contributed by atoms with Crippen molar-refractivity contribution in [2.45, 2.75) is 39.0 Å². The summed E-state index contributed by atoms with van der Waals surface area (Å²) in [7, 11) is 1.82. The quantitative estimate of drug-likeness (QED) is 0.856. The van der Waals surface area contributed by atoms with Crippen LogP contribution in [0.4, 0.5) is 0 Å². The van der Waals surface area contributed by atoms with E-state index in [2.05, 4.69) is 24.1 Å². The fourth-order valence-electron chi connectivity index (χ4n) is 2.71. The largest absolute Gasteiger partial charge is 0.468 e. The molecule has 1 aliphatic heterocycles. The lowest BCUT2D eigenvalue weighted by Crippen LogP contribution is -2.50. The molecule has 2 heterocycles. The van der Waals surface area contributed by atoms with E-state index in [4.69, 9.17) is 9.15 Å². The van der Waals surface area contributed by atoms with E-state index in [-0.39, 0.29) is 0 Å². The van der Waals surface area contributed by atoms with Crippen LogP contribution in [-0.2, 0) is 11.3 Å². The Labute approximate surface area is 116 Å². The smallest absolute Gasteiger partial charge is 0.117 e. The normalized spacial score (nSPS) is 26.5. The van der Waals surface area contributed by atoms with Crippen LogP contribution in [0.3, 0.4) is 0 Å². The summed E-state index contributed by atoms with van der Waals surface area (Å²) in [6.45, 7) is 8.55. The molecule has 0 radical (unpaired) electrons. The summed E-state index contributed by atoms with van der Waals surface area (Å²) in [5.74, 6) is 1.67. The van der Waals surface area contributed by atoms with Gasteiger partial charge >= 0.3 is 0 Å². The number of piperidine rings is 1. The molecule has 2 rings (SSSR count). The number of likely N-dealkylation sites (tertiary alicyclic amines) is 1. The van der Waals surface area contributed by atoms with Crippen LogP contribution in [0.25, 0.3) is 0 Å². The maximum absolute atomic E-state index is 5.57. The minimum absolute atomic E-state index is 0.376. The first kappa shape index (κ1) is 14.6. The molecule has 1 fully saturated rings. The van der Waals surface area contributed by atoms with Crippen LogP contribution in [0.2, 0.25) is 0 Å². The predicted octanol–water partition coefficient (Wildman–Crippen LogP) is 2.11. The lowest BCUT2D eigenvalue weighted by atomic mass is 9.95. The highest BCUT2D eigenvalue weighted by molar-refractivity contribution is 4.97. The van der Waals surface area contributed by atoms with Crippen LogP contribution < -0.4 is 5.32 Å². The molecular weight excluding hydrogens is 240 g/mol. The van der Waals surface area contributed by atoms with E-state index in [1.54, 1.807) is 6.26 Å². The molecule has 4 nitrogen and oxygen atoms in total. The SMILES string of the molecule is COC1CN(C(C)CNCc2ccco2)CCC1C. The van der Waals surface area contributed by atoms with Crippen molar-refractivity contribution in [2.24, 2.45) is 5.92 Å². The Morgan fingerprint density at radius 3 is 3.11 bits per heavy atom. The lowest BCUT2D eigenvalue weighted by Gasteiger charge is -2.39. The van der Waals surface area contributed by atoms with E-state index in [0.29, 0.717) is 18.1 Å². The van der Waals surface area contributed by atoms with Gasteiger partial charge in [0, 0.05) is 26.2 Å². The fraction of sp³-hybridized carbons (Fsp3) is 0.733. The maximum Gasteiger partial charge on any atom is 0.117 e. The molecular formula is C15H26N2O2. The van der Waals surface area contributed by atoms with E-state index in [1.165, 1.54) is 13.0 Å². The molecule has 19 heavy (non-hydrogen) atoms. The van der Waals surface area contributed by atoms with E-state index >= 15 is 0 Å². The molecule has 0 bridgehead atoms. The first-order chi connectivity index (χ1) is 9.20. The number of hydrogen-bond donors (Lipinski definition) is 1. The summed E-state index contributed by atoms with van der Waals surface area (Å²) in [6, 6.07) is 4.46. The summed E-state index contributed by atoms with van der Waals surface area (Å²) in [6.07, 6.45) is 3.32. The summed E-state index contributed by atoms with van der Waals surface area (Å²) in [5.41, 5.74) is 0. The number of ether oxygens (including phenoxy) is 1. The van der Waals surface area contributed by atoms with Crippen LogP contribution in [-0.4, -0.2) is 43.8 Å². The summed E-state index contributed by atoms with van der Waals surface area (Å²) in [5, 5.41) is 3.45. The highest BCUT2D eigenvalue weighted by Crippen LogP contribution is 2.20. The molecule has 0 aliphatic carbocycles. The van der Waals surface area contributed by atoms with Gasteiger partial charge in [0.05, 0.1) is 18.9 Å². The highest BCUT2D eigenvalue weighted by atomic mass is 16.5. The van der Waals surface area contributed by atoms with Gasteiger partial charge in [-0.05, 0) is 37.9 Å². The van der Waals surface area contributed by atoms with Crippen molar-refractivity contribution in [2.75, 3.05) is 26.7 Å². The number of rotatable bonds is 6. The summed E-state index contributed by atoms with van der Waals surface area (Å²) in [4.78, 5) is 2.52. The van der Waals surface area contributed by atoms with E-state index in [9.17, 15) is 0 Å². The molecule has 1 saturated heterocycles. The Kier molecular flexibility index (Phi) is 5.43. The molecule has 1 aromatic rings. The monoisotopic (exact) mass is 266 g/mol. The van der Waals surface area contributed by atoms with Gasteiger partial charge in [-0.3, -0.25) is 4.90 Å². The van der Waals surface area contributed by atoms with Gasteiger partial charge in [0.15, 0.2) is 0 Å². The Bertz CT molecular complexity index is 353. The molecule has 0 spiro atoms. The molecule has 3 unspecified atom stereocenters. The second kappa shape index (κ2) is 7.08. The van der Waals surface area contributed by atoms with Crippen molar-refractivity contribution < 1.29 is 9.15 Å². The second-order valence-corrected chi connectivity index (χ2v) is 5.59. The number of nitrogens with zero attached hydrogens (tertiary/aromatic N) is 1. The van der Waals surface area contributed by atoms with Gasteiger partial charge in [0.2, 0.25) is 0 Å². The van der Waals surface area contributed by atoms with Crippen LogP contribution in [0.15, 0.2) is 22.8 Å². The average molecular weight is 266 g/mol. The number of hydrogen-bond acceptors (Lipinski definition) is 4. The summed E-state index contributed by atoms with van der Waals surface area (Å²) >= 11 is 0. The van der Waals surface area contributed by atoms with Crippen molar-refractivity contribution in [1.29, 1.82) is 0 Å². The third kappa shape index (κ3) is 4.06. The van der Waals surface area contributed by atoms with Gasteiger partial charge in [0.1, 0.15) is 5.76 Å². The van der Waals surface area contributed by atoms with Crippen molar-refractivity contribution in [1.82, 2.24) is 10.2 Å². The molecule has 1 aliphatic rings. The molecule has 3 atom stereocenters. The van der Waals surface area contributed by atoms with E-state index < -0.39 is 0 Å². The maximum atomic E-state index is 5.57. The number of methoxy groups -OCH3 is 1. The van der Waals surface area contributed by atoms with Crippen molar-refractivity contribution in [3.8, 4) is 0 Å². The van der Waals surface area contributed by atoms with Crippen molar-refractivity contribution >= 4 is 0 Å². The van der Waals surface area contributed by atoms with Gasteiger partial charge in [-0.1, -0.05) is 6.92 Å². The molecule has 0 amide bonds. The Morgan fingerprint density at radius 1 is 1.58 bits per heavy atom. The molecule has 1 aromatic heterocycles. The topological polar surface area (TPSA) is 37.6 Å². The second-order valence-electron chi connectivity index (χ2n) is 5.59. The van der Waals surface area contributed by atoms with Crippen LogP contribution in [0.1, 0.15) is 26.0 Å². The zero-order valence-electron chi connectivity index (χ0n) is 12.3. The zero-order chi connectivity index (χ0) is 13.7. The summed E-state index contributed by atoms with van der Waals surface area (Å²) < 4.78 is 10.9. The number of nitrogens with one attached hydrogen (secondary N) is 1. The minimum Gasteiger partial charge on any atom is -0.468 e. The van der Waals surface area contributed by atoms with E-state index in [0.717, 1.165) is 25.4 Å². The molecule has 4 heteroatoms. The van der Waals surface area contributed by atoms with Crippen molar-refractivity contribution in [3.63, 3.8) is 0 Å². The first-order valence-corrected chi connectivity index (χ1v) is 7.20. The third-order valence-corrected chi connectivity index (χ3v) is 4.17. The first-order valence-electron chi connectivity index (χ1n) is 7.20.